The van der Waals surface area contributed by atoms with Gasteiger partial charge in [-0.2, -0.15) is 0 Å². The van der Waals surface area contributed by atoms with Crippen LogP contribution < -0.4 is 10.5 Å². The molecule has 0 aromatic heterocycles. The number of nitrogens with two attached hydrogens (primary N) is 1. The minimum Gasteiger partial charge on any atom is -0.304 e. The molecule has 3 rings (SSSR count). The summed E-state index contributed by atoms with van der Waals surface area (Å²) < 4.78 is 22.7. The van der Waals surface area contributed by atoms with Crippen LogP contribution in [0, 0.1) is 0 Å². The van der Waals surface area contributed by atoms with Crippen molar-refractivity contribution in [1.82, 2.24) is 5.32 Å². The molecule has 2 aromatic carbocycles. The second kappa shape index (κ2) is 5.74. The molecule has 122 valence electrons. The average Bonchev–Trinajstić information content (AvgIpc) is 2.82. The molecule has 0 amide bonds. The third-order valence-corrected chi connectivity index (χ3v) is 5.48. The van der Waals surface area contributed by atoms with Crippen molar-refractivity contribution >= 4 is 10.0 Å². The smallest absolute Gasteiger partial charge is 0.238 e. The normalized spacial score (nSPS) is 17.7. The molecule has 0 saturated carbocycles. The van der Waals surface area contributed by atoms with Gasteiger partial charge in [0.05, 0.1) is 4.90 Å². The number of benzene rings is 2. The van der Waals surface area contributed by atoms with E-state index in [1.807, 2.05) is 12.1 Å². The Morgan fingerprint density at radius 3 is 2.04 bits per heavy atom. The standard InChI is InChI=1S/C18H22N2O2S/c1-13(14-7-9-17(10-8-14)23(19,21)22)20-18(2)11-15-5-3-4-6-16(15)12-18/h3-10,13,20H,11-12H2,1-2H3,(H2,19,21,22)/t13-/m1/s1. The maximum atomic E-state index is 11.3. The molecule has 0 radical (unpaired) electrons. The molecule has 0 spiro atoms. The quantitative estimate of drug-likeness (QED) is 0.905. The Hall–Kier alpha value is -1.69. The van der Waals surface area contributed by atoms with Gasteiger partial charge in [-0.25, -0.2) is 13.6 Å². The van der Waals surface area contributed by atoms with Crippen LogP contribution in [0.25, 0.3) is 0 Å². The van der Waals surface area contributed by atoms with Gasteiger partial charge in [0.1, 0.15) is 0 Å². The van der Waals surface area contributed by atoms with Gasteiger partial charge in [-0.1, -0.05) is 36.4 Å². The predicted octanol–water partition coefficient (Wildman–Crippen LogP) is 2.54. The van der Waals surface area contributed by atoms with Gasteiger partial charge in [0, 0.05) is 11.6 Å². The van der Waals surface area contributed by atoms with Crippen LogP contribution in [0.5, 0.6) is 0 Å². The lowest BCUT2D eigenvalue weighted by molar-refractivity contribution is 0.333. The molecule has 0 fully saturated rings. The van der Waals surface area contributed by atoms with Crippen LogP contribution in [0.1, 0.15) is 36.6 Å². The van der Waals surface area contributed by atoms with Crippen LogP contribution in [0.4, 0.5) is 0 Å². The molecule has 23 heavy (non-hydrogen) atoms. The van der Waals surface area contributed by atoms with Gasteiger partial charge < -0.3 is 5.32 Å². The largest absolute Gasteiger partial charge is 0.304 e. The first-order valence-corrected chi connectivity index (χ1v) is 9.29. The highest BCUT2D eigenvalue weighted by atomic mass is 32.2. The van der Waals surface area contributed by atoms with E-state index in [4.69, 9.17) is 5.14 Å². The average molecular weight is 330 g/mol. The molecule has 0 bridgehead atoms. The van der Waals surface area contributed by atoms with E-state index in [0.29, 0.717) is 0 Å². The Morgan fingerprint density at radius 2 is 1.57 bits per heavy atom. The van der Waals surface area contributed by atoms with Crippen LogP contribution in [0.15, 0.2) is 53.4 Å². The summed E-state index contributed by atoms with van der Waals surface area (Å²) in [5.41, 5.74) is 3.87. The van der Waals surface area contributed by atoms with Gasteiger partial charge in [-0.15, -0.1) is 0 Å². The Labute approximate surface area is 137 Å². The summed E-state index contributed by atoms with van der Waals surface area (Å²) in [5, 5.41) is 8.84. The Balaban J connectivity index is 1.74. The molecule has 3 N–H and O–H groups in total. The second-order valence-electron chi connectivity index (χ2n) is 6.66. The Morgan fingerprint density at radius 1 is 1.04 bits per heavy atom. The molecule has 4 nitrogen and oxygen atoms in total. The summed E-state index contributed by atoms with van der Waals surface area (Å²) in [6, 6.07) is 15.4. The lowest BCUT2D eigenvalue weighted by atomic mass is 9.95. The van der Waals surface area contributed by atoms with E-state index in [0.717, 1.165) is 18.4 Å². The zero-order valence-corrected chi connectivity index (χ0v) is 14.2. The summed E-state index contributed by atoms with van der Waals surface area (Å²) in [6.45, 7) is 4.34. The third kappa shape index (κ3) is 3.47. The van der Waals surface area contributed by atoms with Gasteiger partial charge in [-0.05, 0) is 55.5 Å². The van der Waals surface area contributed by atoms with Crippen molar-refractivity contribution < 1.29 is 8.42 Å². The molecule has 1 aliphatic rings. The van der Waals surface area contributed by atoms with E-state index in [1.54, 1.807) is 12.1 Å². The fourth-order valence-electron chi connectivity index (χ4n) is 3.46. The van der Waals surface area contributed by atoms with E-state index in [9.17, 15) is 8.42 Å². The molecule has 2 aromatic rings. The number of hydrogen-bond acceptors (Lipinski definition) is 3. The molecule has 5 heteroatoms. The number of primary sulfonamides is 1. The number of rotatable bonds is 4. The van der Waals surface area contributed by atoms with Gasteiger partial charge in [0.15, 0.2) is 0 Å². The van der Waals surface area contributed by atoms with Gasteiger partial charge in [0.2, 0.25) is 10.0 Å². The minimum atomic E-state index is -3.64. The number of fused-ring (bicyclic) bond motifs is 1. The number of nitrogens with one attached hydrogen (secondary N) is 1. The highest BCUT2D eigenvalue weighted by molar-refractivity contribution is 7.89. The summed E-state index contributed by atoms with van der Waals surface area (Å²) in [6.07, 6.45) is 2.01. The van der Waals surface area contributed by atoms with Crippen LogP contribution in [-0.2, 0) is 22.9 Å². The van der Waals surface area contributed by atoms with Crippen molar-refractivity contribution in [2.24, 2.45) is 5.14 Å². The molecule has 0 heterocycles. The van der Waals surface area contributed by atoms with Gasteiger partial charge in [-0.3, -0.25) is 0 Å². The van der Waals surface area contributed by atoms with Crippen molar-refractivity contribution in [3.63, 3.8) is 0 Å². The topological polar surface area (TPSA) is 72.2 Å². The summed E-state index contributed by atoms with van der Waals surface area (Å²) in [7, 11) is -3.64. The van der Waals surface area contributed by atoms with Crippen LogP contribution in [-0.4, -0.2) is 14.0 Å². The Bertz CT molecular complexity index is 788. The molecule has 0 unspecified atom stereocenters. The SMILES string of the molecule is C[C@@H](NC1(C)Cc2ccccc2C1)c1ccc(S(N)(=O)=O)cc1. The molecular weight excluding hydrogens is 308 g/mol. The molecule has 0 aliphatic heterocycles. The first-order chi connectivity index (χ1) is 10.8. The zero-order valence-electron chi connectivity index (χ0n) is 13.4. The van der Waals surface area contributed by atoms with Crippen molar-refractivity contribution in [3.05, 3.63) is 65.2 Å². The second-order valence-corrected chi connectivity index (χ2v) is 8.22. The fourth-order valence-corrected chi connectivity index (χ4v) is 3.98. The fraction of sp³-hybridized carbons (Fsp3) is 0.333. The first kappa shape index (κ1) is 16.2. The van der Waals surface area contributed by atoms with E-state index in [-0.39, 0.29) is 16.5 Å². The summed E-state index contributed by atoms with van der Waals surface area (Å²) in [5.74, 6) is 0. The lowest BCUT2D eigenvalue weighted by Gasteiger charge is -2.30. The van der Waals surface area contributed by atoms with E-state index < -0.39 is 10.0 Å². The van der Waals surface area contributed by atoms with Crippen molar-refractivity contribution in [3.8, 4) is 0 Å². The van der Waals surface area contributed by atoms with E-state index in [2.05, 4.69) is 43.4 Å². The minimum absolute atomic E-state index is 0.0156. The molecular formula is C18H22N2O2S. The van der Waals surface area contributed by atoms with Crippen molar-refractivity contribution in [1.29, 1.82) is 0 Å². The highest BCUT2D eigenvalue weighted by Crippen LogP contribution is 2.31. The van der Waals surface area contributed by atoms with E-state index >= 15 is 0 Å². The maximum absolute atomic E-state index is 11.3. The zero-order chi connectivity index (χ0) is 16.7. The third-order valence-electron chi connectivity index (χ3n) is 4.55. The van der Waals surface area contributed by atoms with Crippen LogP contribution >= 0.6 is 0 Å². The predicted molar refractivity (Wildman–Crippen MR) is 91.6 cm³/mol. The van der Waals surface area contributed by atoms with Crippen molar-refractivity contribution in [2.45, 2.75) is 43.2 Å². The van der Waals surface area contributed by atoms with E-state index in [1.165, 1.54) is 11.1 Å². The molecule has 0 saturated heterocycles. The summed E-state index contributed by atoms with van der Waals surface area (Å²) >= 11 is 0. The first-order valence-electron chi connectivity index (χ1n) is 7.74. The molecule has 1 atom stereocenters. The summed E-state index contributed by atoms with van der Waals surface area (Å²) in [4.78, 5) is 0.146. The number of sulfonamides is 1. The van der Waals surface area contributed by atoms with Gasteiger partial charge in [0.25, 0.3) is 0 Å². The number of hydrogen-bond donors (Lipinski definition) is 2. The van der Waals surface area contributed by atoms with Crippen LogP contribution in [0.2, 0.25) is 0 Å². The van der Waals surface area contributed by atoms with Crippen molar-refractivity contribution in [2.75, 3.05) is 0 Å². The van der Waals surface area contributed by atoms with Crippen LogP contribution in [0.3, 0.4) is 0 Å². The highest BCUT2D eigenvalue weighted by Gasteiger charge is 2.33. The monoisotopic (exact) mass is 330 g/mol. The lowest BCUT2D eigenvalue weighted by Crippen LogP contribution is -2.44. The maximum Gasteiger partial charge on any atom is 0.238 e. The van der Waals surface area contributed by atoms with Gasteiger partial charge >= 0.3 is 0 Å². The Kier molecular flexibility index (Phi) is 4.04. The molecule has 1 aliphatic carbocycles.